The molecule has 2 unspecified atom stereocenters. The largest absolute Gasteiger partial charge is 0.345 e. The molecule has 0 spiro atoms. The van der Waals surface area contributed by atoms with E-state index in [0.29, 0.717) is 37.8 Å². The van der Waals surface area contributed by atoms with Crippen LogP contribution in [-0.4, -0.2) is 60.3 Å². The van der Waals surface area contributed by atoms with Crippen LogP contribution in [0.5, 0.6) is 0 Å². The monoisotopic (exact) mass is 432 g/mol. The summed E-state index contributed by atoms with van der Waals surface area (Å²) in [5, 5.41) is 0. The Morgan fingerprint density at radius 3 is 2.54 bits per heavy atom. The van der Waals surface area contributed by atoms with Crippen molar-refractivity contribution in [3.05, 3.63) is 18.0 Å². The van der Waals surface area contributed by atoms with Crippen molar-refractivity contribution in [1.29, 1.82) is 0 Å². The lowest BCUT2D eigenvalue weighted by molar-refractivity contribution is 0.0524. The van der Waals surface area contributed by atoms with E-state index < -0.39 is 10.0 Å². The predicted molar refractivity (Wildman–Crippen MR) is 112 cm³/mol. The third-order valence-electron chi connectivity index (χ3n) is 6.06. The van der Waals surface area contributed by atoms with Gasteiger partial charge in [0.2, 0.25) is 10.0 Å². The highest BCUT2D eigenvalue weighted by molar-refractivity contribution is 7.89. The normalized spacial score (nSPS) is 26.0. The van der Waals surface area contributed by atoms with Crippen molar-refractivity contribution in [2.75, 3.05) is 26.2 Å². The van der Waals surface area contributed by atoms with Crippen LogP contribution < -0.4 is 5.73 Å². The topological polar surface area (TPSA) is 88.6 Å². The van der Waals surface area contributed by atoms with Gasteiger partial charge in [0.05, 0.1) is 0 Å². The molecule has 2 fully saturated rings. The molecule has 1 amide bonds. The average molecular weight is 433 g/mol. The van der Waals surface area contributed by atoms with Crippen molar-refractivity contribution in [2.45, 2.75) is 51.0 Å². The van der Waals surface area contributed by atoms with E-state index in [0.717, 1.165) is 19.3 Å². The van der Waals surface area contributed by atoms with E-state index in [1.165, 1.54) is 6.07 Å². The van der Waals surface area contributed by atoms with Gasteiger partial charge < -0.3 is 15.2 Å². The molecule has 1 aromatic heterocycles. The van der Waals surface area contributed by atoms with Crippen molar-refractivity contribution in [1.82, 2.24) is 13.8 Å². The van der Waals surface area contributed by atoms with Crippen LogP contribution in [0.4, 0.5) is 0 Å². The summed E-state index contributed by atoms with van der Waals surface area (Å²) in [4.78, 5) is 15.0. The first-order chi connectivity index (χ1) is 12.5. The number of likely N-dealkylation sites (tertiary alicyclic amines) is 1. The summed E-state index contributed by atoms with van der Waals surface area (Å²) in [6, 6.07) is 1.59. The minimum Gasteiger partial charge on any atom is -0.345 e. The fourth-order valence-corrected chi connectivity index (χ4v) is 5.78. The second-order valence-corrected chi connectivity index (χ2v) is 10.8. The lowest BCUT2D eigenvalue weighted by Gasteiger charge is -2.42. The number of sulfonamides is 1. The van der Waals surface area contributed by atoms with Crippen LogP contribution in [0, 0.1) is 11.3 Å². The van der Waals surface area contributed by atoms with Crippen LogP contribution >= 0.6 is 12.4 Å². The van der Waals surface area contributed by atoms with E-state index in [1.807, 2.05) is 0 Å². The first-order valence-electron chi connectivity index (χ1n) is 9.74. The molecule has 0 aromatic carbocycles. The second kappa shape index (κ2) is 8.34. The van der Waals surface area contributed by atoms with E-state index in [9.17, 15) is 13.2 Å². The Labute approximate surface area is 174 Å². The number of nitrogens with two attached hydrogens (primary N) is 1. The van der Waals surface area contributed by atoms with Crippen molar-refractivity contribution in [2.24, 2.45) is 24.1 Å². The van der Waals surface area contributed by atoms with Crippen LogP contribution in [0.1, 0.15) is 50.5 Å². The standard InChI is InChI=1S/C19H32N4O3S.ClH/c1-14-6-5-8-23(11-14)27(25,26)15-10-16(21(4)12-15)18(24)22-9-7-17(20)19(2,3)13-22;/h10,12,14,17H,5-9,11,13,20H2,1-4H3;1H. The number of nitrogens with zero attached hydrogens (tertiary/aromatic N) is 3. The summed E-state index contributed by atoms with van der Waals surface area (Å²) in [7, 11) is -1.84. The fourth-order valence-electron chi connectivity index (χ4n) is 4.11. The van der Waals surface area contributed by atoms with Crippen molar-refractivity contribution < 1.29 is 13.2 Å². The molecule has 0 radical (unpaired) electrons. The number of hydrogen-bond acceptors (Lipinski definition) is 4. The summed E-state index contributed by atoms with van der Waals surface area (Å²) in [6.45, 7) is 8.46. The van der Waals surface area contributed by atoms with Gasteiger partial charge in [0.1, 0.15) is 10.6 Å². The maximum Gasteiger partial charge on any atom is 0.270 e. The lowest BCUT2D eigenvalue weighted by atomic mass is 9.79. The van der Waals surface area contributed by atoms with Crippen LogP contribution in [0.25, 0.3) is 0 Å². The number of carbonyl (C=O) groups excluding carboxylic acids is 1. The van der Waals surface area contributed by atoms with Crippen LogP contribution in [0.15, 0.2) is 17.2 Å². The third-order valence-corrected chi connectivity index (χ3v) is 7.89. The molecule has 2 aliphatic heterocycles. The van der Waals surface area contributed by atoms with E-state index in [1.54, 1.807) is 27.0 Å². The molecule has 0 aliphatic carbocycles. The highest BCUT2D eigenvalue weighted by atomic mass is 35.5. The quantitative estimate of drug-likeness (QED) is 0.791. The molecule has 2 atom stereocenters. The van der Waals surface area contributed by atoms with Crippen molar-refractivity contribution >= 4 is 28.3 Å². The Morgan fingerprint density at radius 1 is 1.25 bits per heavy atom. The zero-order chi connectivity index (χ0) is 20.0. The maximum atomic E-state index is 13.0. The summed E-state index contributed by atoms with van der Waals surface area (Å²) < 4.78 is 29.2. The summed E-state index contributed by atoms with van der Waals surface area (Å²) in [5.74, 6) is 0.226. The van der Waals surface area contributed by atoms with Gasteiger partial charge >= 0.3 is 0 Å². The van der Waals surface area contributed by atoms with Gasteiger partial charge in [-0.1, -0.05) is 20.8 Å². The molecular weight excluding hydrogens is 400 g/mol. The molecule has 2 N–H and O–H groups in total. The van der Waals surface area contributed by atoms with Crippen LogP contribution in [0.2, 0.25) is 0 Å². The molecule has 1 aromatic rings. The Bertz CT molecular complexity index is 821. The minimum atomic E-state index is -3.57. The van der Waals surface area contributed by atoms with Gasteiger partial charge in [-0.25, -0.2) is 8.42 Å². The number of piperidine rings is 2. The highest BCUT2D eigenvalue weighted by Crippen LogP contribution is 2.30. The molecule has 2 aliphatic rings. The molecular formula is C19H33ClN4O3S. The molecule has 9 heteroatoms. The highest BCUT2D eigenvalue weighted by Gasteiger charge is 2.37. The number of halogens is 1. The Kier molecular flexibility index (Phi) is 6.91. The summed E-state index contributed by atoms with van der Waals surface area (Å²) in [6.07, 6.45) is 4.24. The molecule has 7 nitrogen and oxygen atoms in total. The molecule has 0 bridgehead atoms. The number of carbonyl (C=O) groups is 1. The zero-order valence-corrected chi connectivity index (χ0v) is 18.9. The fraction of sp³-hybridized carbons (Fsp3) is 0.737. The number of hydrogen-bond donors (Lipinski definition) is 1. The Hall–Kier alpha value is -1.09. The van der Waals surface area contributed by atoms with Gasteiger partial charge in [-0.15, -0.1) is 12.4 Å². The molecule has 3 heterocycles. The molecule has 160 valence electrons. The Morgan fingerprint density at radius 2 is 1.93 bits per heavy atom. The average Bonchev–Trinajstić information content (AvgIpc) is 2.99. The van der Waals surface area contributed by atoms with Crippen LogP contribution in [0.3, 0.4) is 0 Å². The van der Waals surface area contributed by atoms with E-state index in [2.05, 4.69) is 20.8 Å². The smallest absolute Gasteiger partial charge is 0.270 e. The number of aromatic nitrogens is 1. The van der Waals surface area contributed by atoms with Gasteiger partial charge in [0.25, 0.3) is 5.91 Å². The van der Waals surface area contributed by atoms with Crippen LogP contribution in [-0.2, 0) is 17.1 Å². The summed E-state index contributed by atoms with van der Waals surface area (Å²) in [5.41, 5.74) is 6.42. The summed E-state index contributed by atoms with van der Waals surface area (Å²) >= 11 is 0. The number of aryl methyl sites for hydroxylation is 1. The van der Waals surface area contributed by atoms with Crippen molar-refractivity contribution in [3.63, 3.8) is 0 Å². The first-order valence-corrected chi connectivity index (χ1v) is 11.2. The van der Waals surface area contributed by atoms with Gasteiger partial charge in [-0.2, -0.15) is 4.31 Å². The SMILES string of the molecule is CC1CCCN(S(=O)(=O)c2cc(C(=O)N3CCC(N)C(C)(C)C3)n(C)c2)C1.Cl. The lowest BCUT2D eigenvalue weighted by Crippen LogP contribution is -2.54. The third kappa shape index (κ3) is 4.40. The number of rotatable bonds is 3. The minimum absolute atomic E-state index is 0. The molecule has 2 saturated heterocycles. The first kappa shape index (κ1) is 23.2. The van der Waals surface area contributed by atoms with E-state index >= 15 is 0 Å². The van der Waals surface area contributed by atoms with Crippen molar-refractivity contribution in [3.8, 4) is 0 Å². The van der Waals surface area contributed by atoms with E-state index in [4.69, 9.17) is 5.73 Å². The molecule has 28 heavy (non-hydrogen) atoms. The second-order valence-electron chi connectivity index (χ2n) is 8.89. The maximum absolute atomic E-state index is 13.0. The predicted octanol–water partition coefficient (Wildman–Crippen LogP) is 2.07. The van der Waals surface area contributed by atoms with Gasteiger partial charge in [-0.3, -0.25) is 4.79 Å². The zero-order valence-electron chi connectivity index (χ0n) is 17.2. The van der Waals surface area contributed by atoms with E-state index in [-0.39, 0.29) is 34.7 Å². The number of amides is 1. The van der Waals surface area contributed by atoms with Gasteiger partial charge in [0.15, 0.2) is 0 Å². The van der Waals surface area contributed by atoms with Gasteiger partial charge in [-0.05, 0) is 36.7 Å². The molecule has 3 rings (SSSR count). The van der Waals surface area contributed by atoms with Gasteiger partial charge in [0, 0.05) is 45.5 Å². The molecule has 0 saturated carbocycles. The Balaban J connectivity index is 0.00000280.